The average Bonchev–Trinajstić information content (AvgIpc) is 2.46. The van der Waals surface area contributed by atoms with E-state index in [1.165, 1.54) is 4.68 Å². The maximum atomic E-state index is 14.1. The molecule has 0 aliphatic heterocycles. The number of aryl methyl sites for hydroxylation is 1. The second-order valence-electron chi connectivity index (χ2n) is 2.88. The Balaban J connectivity index is 3.18. The first-order valence-electron chi connectivity index (χ1n) is 3.99. The Morgan fingerprint density at radius 1 is 1.69 bits per heavy atom. The highest BCUT2D eigenvalue weighted by atomic mass is 79.9. The lowest BCUT2D eigenvalue weighted by atomic mass is 9.99. The molecule has 0 radical (unpaired) electrons. The van der Waals surface area contributed by atoms with E-state index >= 15 is 0 Å². The molecule has 1 aromatic heterocycles. The van der Waals surface area contributed by atoms with Crippen LogP contribution >= 0.6 is 15.9 Å². The number of alkyl halides is 1. The van der Waals surface area contributed by atoms with E-state index in [0.717, 1.165) is 0 Å². The number of hydrogen-bond donors (Lipinski definition) is 1. The van der Waals surface area contributed by atoms with Crippen LogP contribution in [0.25, 0.3) is 0 Å². The number of aromatic nitrogens is 3. The van der Waals surface area contributed by atoms with E-state index < -0.39 is 5.67 Å². The van der Waals surface area contributed by atoms with Gasteiger partial charge >= 0.3 is 0 Å². The zero-order valence-electron chi connectivity index (χ0n) is 7.59. The normalized spacial score (nSPS) is 15.8. The molecule has 13 heavy (non-hydrogen) atoms. The number of rotatable bonds is 3. The fourth-order valence-electron chi connectivity index (χ4n) is 1.22. The van der Waals surface area contributed by atoms with Gasteiger partial charge in [-0.15, -0.1) is 5.10 Å². The Kier molecular flexibility index (Phi) is 3.02. The highest BCUT2D eigenvalue weighted by molar-refractivity contribution is 9.10. The minimum Gasteiger partial charge on any atom is -0.327 e. The van der Waals surface area contributed by atoms with Gasteiger partial charge in [0.1, 0.15) is 5.69 Å². The van der Waals surface area contributed by atoms with Crippen LogP contribution in [0.2, 0.25) is 0 Å². The predicted molar refractivity (Wildman–Crippen MR) is 50.8 cm³/mol. The standard InChI is InChI=1S/C7H12BrFN4/c1-3-7(9,4-10)5-6(8)11-12-13(5)2/h3-4,10H2,1-2H3. The molecule has 6 heteroatoms. The highest BCUT2D eigenvalue weighted by Crippen LogP contribution is 2.32. The van der Waals surface area contributed by atoms with Gasteiger partial charge in [0.2, 0.25) is 0 Å². The van der Waals surface area contributed by atoms with Crippen LogP contribution in [-0.2, 0) is 12.7 Å². The predicted octanol–water partition coefficient (Wildman–Crippen LogP) is 1.11. The molecule has 0 saturated heterocycles. The lowest BCUT2D eigenvalue weighted by Gasteiger charge is -2.21. The molecule has 0 bridgehead atoms. The summed E-state index contributed by atoms with van der Waals surface area (Å²) in [6.45, 7) is 1.68. The minimum absolute atomic E-state index is 0.0662. The van der Waals surface area contributed by atoms with Gasteiger partial charge in [-0.2, -0.15) is 0 Å². The van der Waals surface area contributed by atoms with Crippen LogP contribution in [0.3, 0.4) is 0 Å². The third-order valence-electron chi connectivity index (χ3n) is 2.09. The van der Waals surface area contributed by atoms with Crippen LogP contribution in [0, 0.1) is 0 Å². The number of halogens is 2. The van der Waals surface area contributed by atoms with Gasteiger partial charge in [0, 0.05) is 13.6 Å². The van der Waals surface area contributed by atoms with E-state index in [1.54, 1.807) is 14.0 Å². The topological polar surface area (TPSA) is 56.7 Å². The summed E-state index contributed by atoms with van der Waals surface area (Å²) in [5.74, 6) is 0. The second-order valence-corrected chi connectivity index (χ2v) is 3.63. The van der Waals surface area contributed by atoms with Crippen molar-refractivity contribution in [1.29, 1.82) is 0 Å². The van der Waals surface area contributed by atoms with Crippen LogP contribution < -0.4 is 5.73 Å². The van der Waals surface area contributed by atoms with E-state index in [9.17, 15) is 4.39 Å². The molecule has 1 rings (SSSR count). The van der Waals surface area contributed by atoms with Gasteiger partial charge in [0.15, 0.2) is 10.3 Å². The summed E-state index contributed by atoms with van der Waals surface area (Å²) in [7, 11) is 1.65. The lowest BCUT2D eigenvalue weighted by Crippen LogP contribution is -2.32. The molecule has 1 atom stereocenters. The van der Waals surface area contributed by atoms with Crippen molar-refractivity contribution < 1.29 is 4.39 Å². The Labute approximate surface area is 84.4 Å². The van der Waals surface area contributed by atoms with Crippen molar-refractivity contribution in [2.75, 3.05) is 6.54 Å². The molecule has 2 N–H and O–H groups in total. The van der Waals surface area contributed by atoms with Crippen molar-refractivity contribution in [2.24, 2.45) is 12.8 Å². The summed E-state index contributed by atoms with van der Waals surface area (Å²) >= 11 is 3.14. The zero-order valence-corrected chi connectivity index (χ0v) is 9.18. The second kappa shape index (κ2) is 3.71. The van der Waals surface area contributed by atoms with Gasteiger partial charge in [-0.1, -0.05) is 12.1 Å². The summed E-state index contributed by atoms with van der Waals surface area (Å²) in [6.07, 6.45) is 0.309. The van der Waals surface area contributed by atoms with Gasteiger partial charge in [0.25, 0.3) is 0 Å². The largest absolute Gasteiger partial charge is 0.327 e. The smallest absolute Gasteiger partial charge is 0.167 e. The highest BCUT2D eigenvalue weighted by Gasteiger charge is 2.34. The van der Waals surface area contributed by atoms with Gasteiger partial charge in [-0.05, 0) is 22.4 Å². The third kappa shape index (κ3) is 1.73. The summed E-state index contributed by atoms with van der Waals surface area (Å²) in [6, 6.07) is 0. The monoisotopic (exact) mass is 250 g/mol. The molecular weight excluding hydrogens is 239 g/mol. The van der Waals surface area contributed by atoms with Gasteiger partial charge in [-0.25, -0.2) is 9.07 Å². The van der Waals surface area contributed by atoms with Crippen molar-refractivity contribution in [3.63, 3.8) is 0 Å². The van der Waals surface area contributed by atoms with Crippen LogP contribution in [0.15, 0.2) is 4.60 Å². The van der Waals surface area contributed by atoms with Gasteiger partial charge in [-0.3, -0.25) is 0 Å². The van der Waals surface area contributed by atoms with E-state index in [0.29, 0.717) is 16.7 Å². The number of nitrogens with zero attached hydrogens (tertiary/aromatic N) is 3. The Bertz CT molecular complexity index is 275. The Morgan fingerprint density at radius 2 is 2.31 bits per heavy atom. The molecular formula is C7H12BrFN4. The number of nitrogens with two attached hydrogens (primary N) is 1. The van der Waals surface area contributed by atoms with Crippen LogP contribution in [0.1, 0.15) is 19.0 Å². The van der Waals surface area contributed by atoms with Crippen LogP contribution in [-0.4, -0.2) is 21.5 Å². The van der Waals surface area contributed by atoms with Crippen molar-refractivity contribution in [1.82, 2.24) is 15.0 Å². The molecule has 0 amide bonds. The molecule has 0 aliphatic rings. The third-order valence-corrected chi connectivity index (χ3v) is 2.63. The van der Waals surface area contributed by atoms with Crippen molar-refractivity contribution in [3.8, 4) is 0 Å². The summed E-state index contributed by atoms with van der Waals surface area (Å²) in [4.78, 5) is 0. The van der Waals surface area contributed by atoms with Gasteiger partial charge < -0.3 is 5.73 Å². The molecule has 1 unspecified atom stereocenters. The minimum atomic E-state index is -1.54. The molecule has 4 nitrogen and oxygen atoms in total. The lowest BCUT2D eigenvalue weighted by molar-refractivity contribution is 0.155. The zero-order chi connectivity index (χ0) is 10.1. The molecule has 0 saturated carbocycles. The fraction of sp³-hybridized carbons (Fsp3) is 0.714. The van der Waals surface area contributed by atoms with E-state index in [1.807, 2.05) is 0 Å². The maximum absolute atomic E-state index is 14.1. The summed E-state index contributed by atoms with van der Waals surface area (Å²) in [5, 5.41) is 7.41. The molecule has 0 aromatic carbocycles. The number of hydrogen-bond acceptors (Lipinski definition) is 3. The van der Waals surface area contributed by atoms with E-state index in [2.05, 4.69) is 26.2 Å². The Hall–Kier alpha value is -0.490. The fourth-order valence-corrected chi connectivity index (χ4v) is 1.90. The first-order valence-corrected chi connectivity index (χ1v) is 4.79. The average molecular weight is 251 g/mol. The Morgan fingerprint density at radius 3 is 2.62 bits per heavy atom. The van der Waals surface area contributed by atoms with Crippen molar-refractivity contribution in [2.45, 2.75) is 19.0 Å². The first-order chi connectivity index (χ1) is 6.05. The maximum Gasteiger partial charge on any atom is 0.167 e. The SMILES string of the molecule is CCC(F)(CN)c1c(Br)nnn1C. The molecule has 1 aromatic rings. The molecule has 74 valence electrons. The van der Waals surface area contributed by atoms with Crippen molar-refractivity contribution in [3.05, 3.63) is 10.3 Å². The summed E-state index contributed by atoms with van der Waals surface area (Å²) in [5.41, 5.74) is 4.24. The first kappa shape index (κ1) is 10.6. The summed E-state index contributed by atoms with van der Waals surface area (Å²) < 4.78 is 15.9. The molecule has 0 spiro atoms. The van der Waals surface area contributed by atoms with E-state index in [4.69, 9.17) is 5.73 Å². The van der Waals surface area contributed by atoms with Crippen LogP contribution in [0.4, 0.5) is 4.39 Å². The molecule has 1 heterocycles. The molecule has 0 aliphatic carbocycles. The molecule has 0 fully saturated rings. The van der Waals surface area contributed by atoms with Gasteiger partial charge in [0.05, 0.1) is 0 Å². The van der Waals surface area contributed by atoms with E-state index in [-0.39, 0.29) is 6.54 Å². The van der Waals surface area contributed by atoms with Crippen LogP contribution in [0.5, 0.6) is 0 Å². The quantitative estimate of drug-likeness (QED) is 0.875. The van der Waals surface area contributed by atoms with Crippen molar-refractivity contribution >= 4 is 15.9 Å².